The Morgan fingerprint density at radius 3 is 2.96 bits per heavy atom. The third kappa shape index (κ3) is 3.79. The number of carbonyl (C=O) groups is 1. The molecule has 0 saturated carbocycles. The SMILES string of the molecule is Cc1oncc1C(=O)N1CC[C@H]2O[C@H](COCCN(C)C)CC[C@H]21. The van der Waals surface area contributed by atoms with Gasteiger partial charge in [-0.15, -0.1) is 0 Å². The van der Waals surface area contributed by atoms with Crippen LogP contribution >= 0.6 is 0 Å². The van der Waals surface area contributed by atoms with Crippen molar-refractivity contribution in [1.29, 1.82) is 0 Å². The molecule has 0 unspecified atom stereocenters. The maximum Gasteiger partial charge on any atom is 0.259 e. The number of aromatic nitrogens is 1. The van der Waals surface area contributed by atoms with E-state index in [4.69, 9.17) is 14.0 Å². The number of hydrogen-bond acceptors (Lipinski definition) is 6. The Morgan fingerprint density at radius 2 is 2.25 bits per heavy atom. The topological polar surface area (TPSA) is 68.0 Å². The molecular formula is C17H27N3O4. The molecule has 0 aromatic carbocycles. The molecule has 2 fully saturated rings. The van der Waals surface area contributed by atoms with E-state index in [2.05, 4.69) is 10.1 Å². The van der Waals surface area contributed by atoms with Crippen LogP contribution in [0.4, 0.5) is 0 Å². The lowest BCUT2D eigenvalue weighted by atomic mass is 9.99. The number of fused-ring (bicyclic) bond motifs is 1. The average molecular weight is 337 g/mol. The van der Waals surface area contributed by atoms with Gasteiger partial charge in [0.1, 0.15) is 11.3 Å². The number of rotatable bonds is 6. The molecule has 3 heterocycles. The molecule has 3 rings (SSSR count). The van der Waals surface area contributed by atoms with Gasteiger partial charge >= 0.3 is 0 Å². The second kappa shape index (κ2) is 7.63. The predicted molar refractivity (Wildman–Crippen MR) is 87.9 cm³/mol. The van der Waals surface area contributed by atoms with E-state index >= 15 is 0 Å². The van der Waals surface area contributed by atoms with E-state index in [9.17, 15) is 4.79 Å². The normalized spacial score (nSPS) is 26.8. The van der Waals surface area contributed by atoms with Crippen LogP contribution in [0, 0.1) is 6.92 Å². The van der Waals surface area contributed by atoms with Gasteiger partial charge in [-0.3, -0.25) is 4.79 Å². The summed E-state index contributed by atoms with van der Waals surface area (Å²) in [6.07, 6.45) is 4.54. The fraction of sp³-hybridized carbons (Fsp3) is 0.765. The van der Waals surface area contributed by atoms with Crippen LogP contribution < -0.4 is 0 Å². The second-order valence-corrected chi connectivity index (χ2v) is 6.90. The van der Waals surface area contributed by atoms with E-state index in [0.29, 0.717) is 17.9 Å². The summed E-state index contributed by atoms with van der Waals surface area (Å²) in [6.45, 7) is 4.77. The first-order valence-corrected chi connectivity index (χ1v) is 8.66. The highest BCUT2D eigenvalue weighted by Gasteiger charge is 2.42. The zero-order valence-electron chi connectivity index (χ0n) is 14.7. The lowest BCUT2D eigenvalue weighted by Crippen LogP contribution is -2.46. The Balaban J connectivity index is 1.50. The highest BCUT2D eigenvalue weighted by Crippen LogP contribution is 2.32. The maximum absolute atomic E-state index is 12.7. The predicted octanol–water partition coefficient (Wildman–Crippen LogP) is 1.32. The van der Waals surface area contributed by atoms with Crippen molar-refractivity contribution in [3.8, 4) is 0 Å². The number of hydrogen-bond donors (Lipinski definition) is 0. The summed E-state index contributed by atoms with van der Waals surface area (Å²) in [6, 6.07) is 0.157. The smallest absolute Gasteiger partial charge is 0.259 e. The Bertz CT molecular complexity index is 560. The van der Waals surface area contributed by atoms with Crippen LogP contribution in [0.15, 0.2) is 10.7 Å². The fourth-order valence-corrected chi connectivity index (χ4v) is 3.49. The molecule has 134 valence electrons. The van der Waals surface area contributed by atoms with Crippen molar-refractivity contribution in [3.05, 3.63) is 17.5 Å². The summed E-state index contributed by atoms with van der Waals surface area (Å²) < 4.78 is 16.9. The lowest BCUT2D eigenvalue weighted by Gasteiger charge is -2.35. The van der Waals surface area contributed by atoms with Crippen molar-refractivity contribution >= 4 is 5.91 Å². The van der Waals surface area contributed by atoms with E-state index in [-0.39, 0.29) is 24.2 Å². The van der Waals surface area contributed by atoms with E-state index < -0.39 is 0 Å². The minimum absolute atomic E-state index is 0.00512. The molecule has 2 saturated heterocycles. The number of likely N-dealkylation sites (tertiary alicyclic amines) is 1. The number of likely N-dealkylation sites (N-methyl/N-ethyl adjacent to an activating group) is 1. The number of amides is 1. The highest BCUT2D eigenvalue weighted by molar-refractivity contribution is 5.95. The van der Waals surface area contributed by atoms with Crippen molar-refractivity contribution < 1.29 is 18.8 Å². The van der Waals surface area contributed by atoms with E-state index in [1.165, 1.54) is 6.20 Å². The molecule has 3 atom stereocenters. The average Bonchev–Trinajstić information content (AvgIpc) is 3.16. The lowest BCUT2D eigenvalue weighted by molar-refractivity contribution is -0.0970. The molecular weight excluding hydrogens is 310 g/mol. The summed E-state index contributed by atoms with van der Waals surface area (Å²) in [5, 5.41) is 3.71. The monoisotopic (exact) mass is 337 g/mol. The van der Waals surface area contributed by atoms with Crippen LogP contribution in [0.25, 0.3) is 0 Å². The molecule has 1 aromatic heterocycles. The van der Waals surface area contributed by atoms with Gasteiger partial charge in [-0.05, 0) is 40.3 Å². The van der Waals surface area contributed by atoms with Gasteiger partial charge in [0, 0.05) is 13.1 Å². The number of ether oxygens (including phenoxy) is 2. The van der Waals surface area contributed by atoms with Crippen molar-refractivity contribution in [2.45, 2.75) is 44.4 Å². The molecule has 0 N–H and O–H groups in total. The van der Waals surface area contributed by atoms with Gasteiger partial charge in [-0.1, -0.05) is 5.16 Å². The van der Waals surface area contributed by atoms with Gasteiger partial charge in [0.15, 0.2) is 0 Å². The van der Waals surface area contributed by atoms with Crippen LogP contribution in [-0.2, 0) is 9.47 Å². The van der Waals surface area contributed by atoms with E-state index in [1.54, 1.807) is 6.92 Å². The van der Waals surface area contributed by atoms with E-state index in [1.807, 2.05) is 19.0 Å². The van der Waals surface area contributed by atoms with Crippen LogP contribution in [0.5, 0.6) is 0 Å². The molecule has 1 aromatic rings. The van der Waals surface area contributed by atoms with Gasteiger partial charge in [0.2, 0.25) is 0 Å². The van der Waals surface area contributed by atoms with Crippen LogP contribution in [0.2, 0.25) is 0 Å². The second-order valence-electron chi connectivity index (χ2n) is 6.90. The fourth-order valence-electron chi connectivity index (χ4n) is 3.49. The molecule has 2 aliphatic rings. The molecule has 7 nitrogen and oxygen atoms in total. The quantitative estimate of drug-likeness (QED) is 0.730. The molecule has 0 spiro atoms. The summed E-state index contributed by atoms with van der Waals surface area (Å²) >= 11 is 0. The Morgan fingerprint density at radius 1 is 1.42 bits per heavy atom. The first-order chi connectivity index (χ1) is 11.6. The van der Waals surface area contributed by atoms with E-state index in [0.717, 1.165) is 39.0 Å². The van der Waals surface area contributed by atoms with Crippen molar-refractivity contribution in [1.82, 2.24) is 15.0 Å². The molecule has 1 amide bonds. The first kappa shape index (κ1) is 17.4. The van der Waals surface area contributed by atoms with Crippen LogP contribution in [0.1, 0.15) is 35.4 Å². The summed E-state index contributed by atoms with van der Waals surface area (Å²) in [5.41, 5.74) is 0.560. The largest absolute Gasteiger partial charge is 0.377 e. The number of nitrogens with zero attached hydrogens (tertiary/aromatic N) is 3. The molecule has 0 bridgehead atoms. The zero-order valence-corrected chi connectivity index (χ0v) is 14.7. The molecule has 0 aliphatic carbocycles. The van der Waals surface area contributed by atoms with Crippen molar-refractivity contribution in [2.24, 2.45) is 0 Å². The van der Waals surface area contributed by atoms with Crippen LogP contribution in [-0.4, -0.2) is 79.5 Å². The standard InChI is InChI=1S/C17H27N3O4/c1-12-14(10-18-24-12)17(21)20-7-6-16-15(20)5-4-13(23-16)11-22-9-8-19(2)3/h10,13,15-16H,4-9,11H2,1-3H3/t13-,15+,16+/m0/s1. The third-order valence-corrected chi connectivity index (χ3v) is 4.86. The molecule has 24 heavy (non-hydrogen) atoms. The summed E-state index contributed by atoms with van der Waals surface area (Å²) in [7, 11) is 4.07. The van der Waals surface area contributed by atoms with Gasteiger partial charge in [-0.2, -0.15) is 0 Å². The van der Waals surface area contributed by atoms with Gasteiger partial charge in [0.25, 0.3) is 5.91 Å². The summed E-state index contributed by atoms with van der Waals surface area (Å²) in [5.74, 6) is 0.581. The number of aryl methyl sites for hydroxylation is 1. The minimum Gasteiger partial charge on any atom is -0.377 e. The van der Waals surface area contributed by atoms with Crippen LogP contribution in [0.3, 0.4) is 0 Å². The number of carbonyl (C=O) groups excluding carboxylic acids is 1. The zero-order chi connectivity index (χ0) is 17.1. The van der Waals surface area contributed by atoms with Crippen molar-refractivity contribution in [3.63, 3.8) is 0 Å². The molecule has 7 heteroatoms. The first-order valence-electron chi connectivity index (χ1n) is 8.66. The van der Waals surface area contributed by atoms with Gasteiger partial charge in [-0.25, -0.2) is 0 Å². The van der Waals surface area contributed by atoms with Gasteiger partial charge in [0.05, 0.1) is 37.7 Å². The third-order valence-electron chi connectivity index (χ3n) is 4.86. The van der Waals surface area contributed by atoms with Gasteiger partial charge < -0.3 is 23.8 Å². The highest BCUT2D eigenvalue weighted by atomic mass is 16.5. The van der Waals surface area contributed by atoms with Crippen molar-refractivity contribution in [2.75, 3.05) is 40.4 Å². The Hall–Kier alpha value is -1.44. The molecule has 2 aliphatic heterocycles. The maximum atomic E-state index is 12.7. The minimum atomic E-state index is 0.00512. The Labute approximate surface area is 142 Å². The Kier molecular flexibility index (Phi) is 5.53. The summed E-state index contributed by atoms with van der Waals surface area (Å²) in [4.78, 5) is 16.7. The molecule has 0 radical (unpaired) electrons.